The van der Waals surface area contributed by atoms with Gasteiger partial charge in [-0.3, -0.25) is 9.20 Å². The van der Waals surface area contributed by atoms with E-state index < -0.39 is 23.2 Å². The van der Waals surface area contributed by atoms with Gasteiger partial charge < -0.3 is 10.1 Å². The highest BCUT2D eigenvalue weighted by molar-refractivity contribution is 5.90. The van der Waals surface area contributed by atoms with Gasteiger partial charge in [0.1, 0.15) is 17.3 Å². The number of carbonyl (C=O) groups is 1. The Hall–Kier alpha value is -3.29. The minimum Gasteiger partial charge on any atom is -0.465 e. The number of aromatic nitrogens is 2. The average molecular weight is 345 g/mol. The fourth-order valence-corrected chi connectivity index (χ4v) is 2.33. The monoisotopic (exact) mass is 345 g/mol. The standard InChI is InChI=1S/C17H13F2N3O3/c1-25-17(24)11-7-14(13(19)8-12(11)18)20-9-10-6-16(23)22-5-3-2-4-15(22)21-10/h2-8,20H,9H2,1H3. The van der Waals surface area contributed by atoms with Crippen LogP contribution in [0.2, 0.25) is 0 Å². The summed E-state index contributed by atoms with van der Waals surface area (Å²) in [6.45, 7) is 0.0177. The number of benzene rings is 1. The zero-order chi connectivity index (χ0) is 18.0. The van der Waals surface area contributed by atoms with Gasteiger partial charge in [0, 0.05) is 18.3 Å². The topological polar surface area (TPSA) is 72.7 Å². The molecule has 3 aromatic rings. The van der Waals surface area contributed by atoms with Crippen LogP contribution in [-0.2, 0) is 11.3 Å². The maximum absolute atomic E-state index is 13.9. The molecule has 0 fully saturated rings. The summed E-state index contributed by atoms with van der Waals surface area (Å²) in [6, 6.07) is 8.03. The minimum absolute atomic E-state index is 0.0177. The molecular weight excluding hydrogens is 332 g/mol. The molecule has 0 aliphatic carbocycles. The quantitative estimate of drug-likeness (QED) is 0.735. The second-order valence-electron chi connectivity index (χ2n) is 5.17. The Balaban J connectivity index is 1.89. The third-order valence-electron chi connectivity index (χ3n) is 3.55. The molecule has 0 atom stereocenters. The van der Waals surface area contributed by atoms with Gasteiger partial charge in [0.25, 0.3) is 5.56 Å². The Kier molecular flexibility index (Phi) is 4.42. The zero-order valence-electron chi connectivity index (χ0n) is 13.1. The summed E-state index contributed by atoms with van der Waals surface area (Å²) < 4.78 is 33.4. The number of esters is 1. The first-order chi connectivity index (χ1) is 12.0. The zero-order valence-corrected chi connectivity index (χ0v) is 13.1. The molecule has 0 saturated carbocycles. The third-order valence-corrected chi connectivity index (χ3v) is 3.55. The van der Waals surface area contributed by atoms with Crippen LogP contribution in [0.15, 0.2) is 47.4 Å². The molecular formula is C17H13F2N3O3. The van der Waals surface area contributed by atoms with E-state index in [2.05, 4.69) is 15.0 Å². The summed E-state index contributed by atoms with van der Waals surface area (Å²) in [4.78, 5) is 27.8. The first-order valence-corrected chi connectivity index (χ1v) is 7.28. The van der Waals surface area contributed by atoms with Gasteiger partial charge in [-0.2, -0.15) is 0 Å². The van der Waals surface area contributed by atoms with Gasteiger partial charge in [0.05, 0.1) is 30.6 Å². The largest absolute Gasteiger partial charge is 0.465 e. The molecule has 0 amide bonds. The number of rotatable bonds is 4. The number of pyridine rings is 1. The summed E-state index contributed by atoms with van der Waals surface area (Å²) in [5.74, 6) is -2.80. The lowest BCUT2D eigenvalue weighted by atomic mass is 10.1. The van der Waals surface area contributed by atoms with E-state index in [0.717, 1.165) is 13.2 Å². The predicted octanol–water partition coefficient (Wildman–Crippen LogP) is 2.37. The number of halogens is 2. The molecule has 128 valence electrons. The van der Waals surface area contributed by atoms with E-state index >= 15 is 0 Å². The normalized spacial score (nSPS) is 10.7. The van der Waals surface area contributed by atoms with Gasteiger partial charge in [-0.05, 0) is 18.2 Å². The van der Waals surface area contributed by atoms with Gasteiger partial charge in [-0.25, -0.2) is 18.6 Å². The number of hydrogen-bond acceptors (Lipinski definition) is 5. The summed E-state index contributed by atoms with van der Waals surface area (Å²) in [5, 5.41) is 2.71. The first-order valence-electron chi connectivity index (χ1n) is 7.28. The molecule has 0 spiro atoms. The fraction of sp³-hybridized carbons (Fsp3) is 0.118. The summed E-state index contributed by atoms with van der Waals surface area (Å²) in [7, 11) is 1.10. The Morgan fingerprint density at radius 3 is 2.80 bits per heavy atom. The molecule has 0 bridgehead atoms. The van der Waals surface area contributed by atoms with Crippen molar-refractivity contribution < 1.29 is 18.3 Å². The maximum atomic E-state index is 13.9. The third kappa shape index (κ3) is 3.32. The number of fused-ring (bicyclic) bond motifs is 1. The minimum atomic E-state index is -1.02. The van der Waals surface area contributed by atoms with E-state index in [-0.39, 0.29) is 17.8 Å². The van der Waals surface area contributed by atoms with Gasteiger partial charge in [-0.1, -0.05) is 6.07 Å². The van der Waals surface area contributed by atoms with Crippen LogP contribution in [0.1, 0.15) is 16.1 Å². The smallest absolute Gasteiger partial charge is 0.340 e. The highest BCUT2D eigenvalue weighted by atomic mass is 19.1. The van der Waals surface area contributed by atoms with Crippen LogP contribution in [0.3, 0.4) is 0 Å². The molecule has 0 radical (unpaired) electrons. The van der Waals surface area contributed by atoms with Crippen molar-refractivity contribution in [2.24, 2.45) is 0 Å². The highest BCUT2D eigenvalue weighted by Gasteiger charge is 2.16. The van der Waals surface area contributed by atoms with E-state index in [9.17, 15) is 18.4 Å². The fourth-order valence-electron chi connectivity index (χ4n) is 2.33. The predicted molar refractivity (Wildman–Crippen MR) is 86.5 cm³/mol. The Bertz CT molecular complexity index is 1020. The average Bonchev–Trinajstić information content (AvgIpc) is 2.60. The maximum Gasteiger partial charge on any atom is 0.340 e. The molecule has 3 rings (SSSR count). The summed E-state index contributed by atoms with van der Waals surface area (Å²) in [6.07, 6.45) is 1.59. The van der Waals surface area contributed by atoms with E-state index in [0.29, 0.717) is 17.4 Å². The van der Waals surface area contributed by atoms with Gasteiger partial charge in [0.2, 0.25) is 0 Å². The van der Waals surface area contributed by atoms with Gasteiger partial charge in [-0.15, -0.1) is 0 Å². The van der Waals surface area contributed by atoms with E-state index in [4.69, 9.17) is 0 Å². The van der Waals surface area contributed by atoms with Crippen LogP contribution in [0.25, 0.3) is 5.65 Å². The van der Waals surface area contributed by atoms with Crippen LogP contribution >= 0.6 is 0 Å². The van der Waals surface area contributed by atoms with Crippen molar-refractivity contribution in [2.75, 3.05) is 12.4 Å². The molecule has 1 N–H and O–H groups in total. The lowest BCUT2D eigenvalue weighted by molar-refractivity contribution is 0.0595. The SMILES string of the molecule is COC(=O)c1cc(NCc2cc(=O)n3ccccc3n2)c(F)cc1F. The van der Waals surface area contributed by atoms with E-state index in [1.165, 1.54) is 10.5 Å². The highest BCUT2D eigenvalue weighted by Crippen LogP contribution is 2.20. The van der Waals surface area contributed by atoms with Gasteiger partial charge >= 0.3 is 5.97 Å². The van der Waals surface area contributed by atoms with Crippen molar-refractivity contribution in [3.63, 3.8) is 0 Å². The number of nitrogens with zero attached hydrogens (tertiary/aromatic N) is 2. The van der Waals surface area contributed by atoms with Gasteiger partial charge in [0.15, 0.2) is 0 Å². The van der Waals surface area contributed by atoms with Crippen LogP contribution in [0.4, 0.5) is 14.5 Å². The number of hydrogen-bond donors (Lipinski definition) is 1. The van der Waals surface area contributed by atoms with Crippen molar-refractivity contribution >= 4 is 17.3 Å². The summed E-state index contributed by atoms with van der Waals surface area (Å²) >= 11 is 0. The van der Waals surface area contributed by atoms with E-state index in [1.54, 1.807) is 24.4 Å². The number of nitrogens with one attached hydrogen (secondary N) is 1. The van der Waals surface area contributed by atoms with Crippen molar-refractivity contribution in [3.8, 4) is 0 Å². The lowest BCUT2D eigenvalue weighted by Crippen LogP contribution is -2.17. The second-order valence-corrected chi connectivity index (χ2v) is 5.17. The lowest BCUT2D eigenvalue weighted by Gasteiger charge is -2.10. The van der Waals surface area contributed by atoms with Crippen molar-refractivity contribution in [1.29, 1.82) is 0 Å². The molecule has 0 aliphatic heterocycles. The van der Waals surface area contributed by atoms with Crippen LogP contribution < -0.4 is 10.9 Å². The van der Waals surface area contributed by atoms with Crippen molar-refractivity contribution in [1.82, 2.24) is 9.38 Å². The molecule has 1 aromatic carbocycles. The van der Waals surface area contributed by atoms with Crippen molar-refractivity contribution in [3.05, 3.63) is 75.8 Å². The van der Waals surface area contributed by atoms with Crippen LogP contribution in [0.5, 0.6) is 0 Å². The van der Waals surface area contributed by atoms with Crippen LogP contribution in [0, 0.1) is 11.6 Å². The summed E-state index contributed by atoms with van der Waals surface area (Å²) in [5.41, 5.74) is 0.0493. The van der Waals surface area contributed by atoms with Crippen LogP contribution in [-0.4, -0.2) is 22.5 Å². The number of carbonyl (C=O) groups excluding carboxylic acids is 1. The molecule has 2 heterocycles. The molecule has 0 unspecified atom stereocenters. The molecule has 6 nitrogen and oxygen atoms in total. The Morgan fingerprint density at radius 1 is 1.24 bits per heavy atom. The second kappa shape index (κ2) is 6.68. The number of ether oxygens (including phenoxy) is 1. The Labute approximate surface area is 140 Å². The Morgan fingerprint density at radius 2 is 2.04 bits per heavy atom. The van der Waals surface area contributed by atoms with Crippen molar-refractivity contribution in [2.45, 2.75) is 6.54 Å². The molecule has 0 aliphatic rings. The molecule has 8 heteroatoms. The number of methoxy groups -OCH3 is 1. The molecule has 0 saturated heterocycles. The molecule has 25 heavy (non-hydrogen) atoms. The molecule has 2 aromatic heterocycles. The van der Waals surface area contributed by atoms with E-state index in [1.807, 2.05) is 0 Å². The first kappa shape index (κ1) is 16.6. The number of anilines is 1.